The number of anilines is 1. The summed E-state index contributed by atoms with van der Waals surface area (Å²) >= 11 is 6.88. The first-order valence-electron chi connectivity index (χ1n) is 10.9. The lowest BCUT2D eigenvalue weighted by Gasteiger charge is -2.59. The fraction of sp³-hybridized carbons (Fsp3) is 0.682. The van der Waals surface area contributed by atoms with E-state index in [9.17, 15) is 13.2 Å². The van der Waals surface area contributed by atoms with Gasteiger partial charge in [-0.3, -0.25) is 4.79 Å². The molecule has 0 aromatic heterocycles. The van der Waals surface area contributed by atoms with Crippen LogP contribution in [-0.2, 0) is 19.6 Å². The molecule has 30 heavy (non-hydrogen) atoms. The summed E-state index contributed by atoms with van der Waals surface area (Å²) < 4.78 is 33.0. The van der Waals surface area contributed by atoms with Crippen LogP contribution < -0.4 is 5.32 Å². The summed E-state index contributed by atoms with van der Waals surface area (Å²) in [7, 11) is -3.62. The highest BCUT2D eigenvalue weighted by molar-refractivity contribution is 7.89. The molecule has 5 aliphatic rings. The van der Waals surface area contributed by atoms with Gasteiger partial charge in [-0.25, -0.2) is 8.42 Å². The zero-order valence-electron chi connectivity index (χ0n) is 17.3. The number of morpholine rings is 1. The number of nitrogens with one attached hydrogen (secondary N) is 1. The maximum atomic E-state index is 13.4. The van der Waals surface area contributed by atoms with E-state index in [1.54, 1.807) is 25.1 Å². The van der Waals surface area contributed by atoms with Crippen LogP contribution in [0.3, 0.4) is 0 Å². The van der Waals surface area contributed by atoms with Crippen LogP contribution in [0.15, 0.2) is 23.1 Å². The van der Waals surface area contributed by atoms with Crippen LogP contribution >= 0.6 is 11.6 Å². The smallest absolute Gasteiger partial charge is 0.243 e. The average Bonchev–Trinajstić information content (AvgIpc) is 2.68. The van der Waals surface area contributed by atoms with Gasteiger partial charge in [0.1, 0.15) is 0 Å². The van der Waals surface area contributed by atoms with Gasteiger partial charge < -0.3 is 10.1 Å². The van der Waals surface area contributed by atoms with E-state index in [0.717, 1.165) is 32.1 Å². The van der Waals surface area contributed by atoms with Crippen LogP contribution in [0.2, 0.25) is 0 Å². The van der Waals surface area contributed by atoms with E-state index in [2.05, 4.69) is 5.32 Å². The number of carbonyl (C=O) groups excluding carboxylic acids is 1. The van der Waals surface area contributed by atoms with Crippen molar-refractivity contribution in [3.63, 3.8) is 0 Å². The van der Waals surface area contributed by atoms with Crippen molar-refractivity contribution in [1.82, 2.24) is 4.31 Å². The lowest BCUT2D eigenvalue weighted by Crippen LogP contribution is -2.57. The molecular formula is C22H29ClN2O4S. The first-order chi connectivity index (χ1) is 14.2. The van der Waals surface area contributed by atoms with Crippen LogP contribution in [-0.4, -0.2) is 49.8 Å². The number of hydrogen-bond acceptors (Lipinski definition) is 4. The van der Waals surface area contributed by atoms with Crippen molar-refractivity contribution in [2.45, 2.75) is 55.2 Å². The number of carbonyl (C=O) groups is 1. The minimum atomic E-state index is -3.62. The van der Waals surface area contributed by atoms with E-state index >= 15 is 0 Å². The Hall–Kier alpha value is -1.15. The van der Waals surface area contributed by atoms with Crippen molar-refractivity contribution < 1.29 is 17.9 Å². The zero-order chi connectivity index (χ0) is 21.1. The molecule has 6 rings (SSSR count). The quantitative estimate of drug-likeness (QED) is 0.709. The zero-order valence-corrected chi connectivity index (χ0v) is 18.9. The van der Waals surface area contributed by atoms with Gasteiger partial charge in [0.25, 0.3) is 0 Å². The summed E-state index contributed by atoms with van der Waals surface area (Å²) in [6.07, 6.45) is 5.75. The number of ether oxygens (including phenoxy) is 1. The molecule has 0 radical (unpaired) electrons. The maximum Gasteiger partial charge on any atom is 0.243 e. The molecule has 1 heterocycles. The van der Waals surface area contributed by atoms with Gasteiger partial charge >= 0.3 is 0 Å². The molecule has 0 spiro atoms. The number of halogens is 1. The second-order valence-electron chi connectivity index (χ2n) is 9.84. The van der Waals surface area contributed by atoms with Crippen molar-refractivity contribution in [2.75, 3.05) is 31.6 Å². The van der Waals surface area contributed by atoms with Gasteiger partial charge in [-0.2, -0.15) is 4.31 Å². The van der Waals surface area contributed by atoms with Gasteiger partial charge in [0.15, 0.2) is 0 Å². The number of sulfonamides is 1. The Labute approximate surface area is 183 Å². The number of alkyl halides is 1. The Morgan fingerprint density at radius 2 is 1.83 bits per heavy atom. The normalized spacial score (nSPS) is 36.1. The summed E-state index contributed by atoms with van der Waals surface area (Å²) in [4.78, 5) is 13.4. The molecule has 2 atom stereocenters. The molecular weight excluding hydrogens is 424 g/mol. The Bertz CT molecular complexity index is 959. The highest BCUT2D eigenvalue weighted by atomic mass is 35.5. The predicted octanol–water partition coefficient (Wildman–Crippen LogP) is 3.53. The van der Waals surface area contributed by atoms with Gasteiger partial charge in [0.2, 0.25) is 15.9 Å². The molecule has 5 fully saturated rings. The fourth-order valence-electron chi connectivity index (χ4n) is 6.56. The molecule has 1 amide bonds. The second kappa shape index (κ2) is 7.19. The van der Waals surface area contributed by atoms with E-state index in [-0.39, 0.29) is 15.7 Å². The van der Waals surface area contributed by atoms with Crippen molar-refractivity contribution in [3.05, 3.63) is 23.8 Å². The van der Waals surface area contributed by atoms with Crippen molar-refractivity contribution in [1.29, 1.82) is 0 Å². The largest absolute Gasteiger partial charge is 0.379 e. The Morgan fingerprint density at radius 3 is 2.47 bits per heavy atom. The molecule has 164 valence electrons. The molecule has 4 bridgehead atoms. The summed E-state index contributed by atoms with van der Waals surface area (Å²) in [6, 6.07) is 5.17. The van der Waals surface area contributed by atoms with Crippen LogP contribution in [0.25, 0.3) is 0 Å². The van der Waals surface area contributed by atoms with Gasteiger partial charge in [-0.15, -0.1) is 11.6 Å². The molecule has 8 heteroatoms. The van der Waals surface area contributed by atoms with Crippen molar-refractivity contribution in [3.8, 4) is 0 Å². The van der Waals surface area contributed by atoms with E-state index in [1.807, 2.05) is 0 Å². The summed E-state index contributed by atoms with van der Waals surface area (Å²) in [5.41, 5.74) is 0.797. The minimum absolute atomic E-state index is 0.000184. The maximum absolute atomic E-state index is 13.4. The number of amides is 1. The third kappa shape index (κ3) is 3.48. The Morgan fingerprint density at radius 1 is 1.17 bits per heavy atom. The minimum Gasteiger partial charge on any atom is -0.379 e. The predicted molar refractivity (Wildman–Crippen MR) is 115 cm³/mol. The third-order valence-electron chi connectivity index (χ3n) is 7.51. The topological polar surface area (TPSA) is 75.7 Å². The standard InChI is InChI=1S/C22H29ClN2O4S/c1-15-2-3-18(9-19(15)30(27,28)25-4-6-29-7-5-25)24-20(26)21-10-16-8-17(11-21)13-22(23,12-16)14-21/h2-3,9,16-17H,4-8,10-14H2,1H3,(H,24,26). The fourth-order valence-corrected chi connectivity index (χ4v) is 8.91. The lowest BCUT2D eigenvalue weighted by molar-refractivity contribution is -0.138. The van der Waals surface area contributed by atoms with E-state index in [4.69, 9.17) is 16.3 Å². The highest BCUT2D eigenvalue weighted by Gasteiger charge is 2.60. The van der Waals surface area contributed by atoms with E-state index < -0.39 is 15.4 Å². The van der Waals surface area contributed by atoms with Crippen LogP contribution in [0, 0.1) is 24.2 Å². The number of benzene rings is 1. The van der Waals surface area contributed by atoms with Gasteiger partial charge in [-0.1, -0.05) is 6.07 Å². The monoisotopic (exact) mass is 452 g/mol. The summed E-state index contributed by atoms with van der Waals surface area (Å²) in [6.45, 7) is 3.29. The summed E-state index contributed by atoms with van der Waals surface area (Å²) in [5.74, 6) is 1.06. The van der Waals surface area contributed by atoms with Crippen molar-refractivity contribution in [2.24, 2.45) is 17.3 Å². The van der Waals surface area contributed by atoms with Gasteiger partial charge in [-0.05, 0) is 75.0 Å². The number of aryl methyl sites for hydroxylation is 1. The molecule has 1 aromatic rings. The lowest BCUT2D eigenvalue weighted by atomic mass is 9.49. The number of nitrogens with zero attached hydrogens (tertiary/aromatic N) is 1. The number of hydrogen-bond donors (Lipinski definition) is 1. The molecule has 2 unspecified atom stereocenters. The highest BCUT2D eigenvalue weighted by Crippen LogP contribution is 2.64. The third-order valence-corrected chi connectivity index (χ3v) is 9.99. The van der Waals surface area contributed by atoms with Gasteiger partial charge in [0.05, 0.1) is 23.5 Å². The molecule has 1 aromatic carbocycles. The Balaban J connectivity index is 1.39. The molecule has 6 nitrogen and oxygen atoms in total. The molecule has 4 aliphatic carbocycles. The Kier molecular flexibility index (Phi) is 4.97. The molecule has 1 N–H and O–H groups in total. The molecule has 1 saturated heterocycles. The first-order valence-corrected chi connectivity index (χ1v) is 12.7. The van der Waals surface area contributed by atoms with Crippen LogP contribution in [0.5, 0.6) is 0 Å². The average molecular weight is 453 g/mol. The van der Waals surface area contributed by atoms with E-state index in [0.29, 0.717) is 49.4 Å². The summed E-state index contributed by atoms with van der Waals surface area (Å²) in [5, 5.41) is 3.05. The number of rotatable bonds is 4. The van der Waals surface area contributed by atoms with Crippen molar-refractivity contribution >= 4 is 33.2 Å². The second-order valence-corrected chi connectivity index (χ2v) is 12.6. The molecule has 1 aliphatic heterocycles. The van der Waals surface area contributed by atoms with Crippen LogP contribution in [0.1, 0.15) is 44.1 Å². The SMILES string of the molecule is Cc1ccc(NC(=O)C23CC4CC(CC(Cl)(C4)C2)C3)cc1S(=O)(=O)N1CCOCC1. The first kappa shape index (κ1) is 20.7. The van der Waals surface area contributed by atoms with Gasteiger partial charge in [0, 0.05) is 23.7 Å². The van der Waals surface area contributed by atoms with E-state index in [1.165, 1.54) is 10.7 Å². The van der Waals surface area contributed by atoms with Crippen LogP contribution in [0.4, 0.5) is 5.69 Å². The molecule has 4 saturated carbocycles.